The molecule has 0 bridgehead atoms. The molecule has 0 aliphatic carbocycles. The van der Waals surface area contributed by atoms with Crippen molar-refractivity contribution in [3.63, 3.8) is 0 Å². The minimum atomic E-state index is -0.349. The molecule has 2 unspecified atom stereocenters. The van der Waals surface area contributed by atoms with Crippen molar-refractivity contribution in [3.8, 4) is 0 Å². The highest BCUT2D eigenvalue weighted by Crippen LogP contribution is 2.21. The fourth-order valence-electron chi connectivity index (χ4n) is 2.13. The number of ether oxygens (including phenoxy) is 1. The monoisotopic (exact) mass is 269 g/mol. The third-order valence-corrected chi connectivity index (χ3v) is 3.38. The molecule has 0 saturated carbocycles. The Bertz CT molecular complexity index is 392. The molecule has 2 atom stereocenters. The van der Waals surface area contributed by atoms with Gasteiger partial charge in [0.05, 0.1) is 12.7 Å². The van der Waals surface area contributed by atoms with Crippen LogP contribution in [0.25, 0.3) is 0 Å². The summed E-state index contributed by atoms with van der Waals surface area (Å²) in [6, 6.07) is 0.494. The summed E-state index contributed by atoms with van der Waals surface area (Å²) in [4.78, 5) is 6.71. The maximum absolute atomic E-state index is 9.24. The van der Waals surface area contributed by atoms with E-state index >= 15 is 0 Å². The second kappa shape index (κ2) is 6.45. The lowest BCUT2D eigenvalue weighted by Gasteiger charge is -2.34. The summed E-state index contributed by atoms with van der Waals surface area (Å²) in [7, 11) is 0. The molecule has 19 heavy (non-hydrogen) atoms. The van der Waals surface area contributed by atoms with Crippen LogP contribution in [-0.2, 0) is 11.2 Å². The highest BCUT2D eigenvalue weighted by Gasteiger charge is 2.27. The molecule has 1 aliphatic rings. The predicted octanol–water partition coefficient (Wildman–Crippen LogP) is 1.16. The van der Waals surface area contributed by atoms with Crippen molar-refractivity contribution < 1.29 is 14.4 Å². The zero-order chi connectivity index (χ0) is 13.8. The molecular weight excluding hydrogens is 246 g/mol. The van der Waals surface area contributed by atoms with Crippen LogP contribution in [0.3, 0.4) is 0 Å². The van der Waals surface area contributed by atoms with E-state index < -0.39 is 0 Å². The van der Waals surface area contributed by atoms with E-state index in [1.54, 1.807) is 6.92 Å². The first kappa shape index (κ1) is 14.4. The molecule has 108 valence electrons. The first-order chi connectivity index (χ1) is 9.06. The van der Waals surface area contributed by atoms with Crippen LogP contribution < -0.4 is 0 Å². The van der Waals surface area contributed by atoms with E-state index in [9.17, 15) is 5.11 Å². The number of hydrogen-bond acceptors (Lipinski definition) is 6. The number of aliphatic hydroxyl groups excluding tert-OH is 1. The van der Waals surface area contributed by atoms with Crippen molar-refractivity contribution in [1.82, 2.24) is 15.0 Å². The van der Waals surface area contributed by atoms with Crippen LogP contribution in [0.15, 0.2) is 4.52 Å². The maximum Gasteiger partial charge on any atom is 0.226 e. The van der Waals surface area contributed by atoms with Crippen molar-refractivity contribution in [2.45, 2.75) is 51.9 Å². The van der Waals surface area contributed by atoms with Crippen LogP contribution in [-0.4, -0.2) is 52.0 Å². The van der Waals surface area contributed by atoms with Gasteiger partial charge in [0, 0.05) is 25.6 Å². The van der Waals surface area contributed by atoms with Crippen molar-refractivity contribution in [1.29, 1.82) is 0 Å². The summed E-state index contributed by atoms with van der Waals surface area (Å²) < 4.78 is 10.9. The number of aryl methyl sites for hydroxylation is 1. The number of morpholine rings is 1. The fraction of sp³-hybridized carbons (Fsp3) is 0.846. The Morgan fingerprint density at radius 2 is 2.21 bits per heavy atom. The van der Waals surface area contributed by atoms with Gasteiger partial charge < -0.3 is 14.4 Å². The normalized spacial score (nSPS) is 22.9. The Morgan fingerprint density at radius 1 is 1.42 bits per heavy atom. The van der Waals surface area contributed by atoms with Gasteiger partial charge in [-0.1, -0.05) is 5.16 Å². The van der Waals surface area contributed by atoms with Gasteiger partial charge in [0.25, 0.3) is 0 Å². The lowest BCUT2D eigenvalue weighted by atomic mass is 10.2. The average Bonchev–Trinajstić information content (AvgIpc) is 2.85. The minimum Gasteiger partial charge on any atom is -0.393 e. The lowest BCUT2D eigenvalue weighted by molar-refractivity contribution is -0.0450. The molecule has 0 radical (unpaired) electrons. The van der Waals surface area contributed by atoms with E-state index in [2.05, 4.69) is 28.9 Å². The quantitative estimate of drug-likeness (QED) is 0.865. The van der Waals surface area contributed by atoms with Crippen molar-refractivity contribution in [3.05, 3.63) is 11.7 Å². The molecular formula is C13H23N3O3. The van der Waals surface area contributed by atoms with Gasteiger partial charge in [-0.05, 0) is 27.2 Å². The molecule has 0 amide bonds. The van der Waals surface area contributed by atoms with Gasteiger partial charge in [-0.25, -0.2) is 0 Å². The maximum atomic E-state index is 9.24. The first-order valence-electron chi connectivity index (χ1n) is 6.92. The molecule has 6 heteroatoms. The van der Waals surface area contributed by atoms with Gasteiger partial charge in [0.2, 0.25) is 11.7 Å². The second-order valence-corrected chi connectivity index (χ2v) is 5.38. The molecule has 1 saturated heterocycles. The summed E-state index contributed by atoms with van der Waals surface area (Å²) in [5.74, 6) is 1.19. The van der Waals surface area contributed by atoms with E-state index in [-0.39, 0.29) is 12.2 Å². The smallest absolute Gasteiger partial charge is 0.226 e. The van der Waals surface area contributed by atoms with Crippen molar-refractivity contribution in [2.75, 3.05) is 19.7 Å². The highest BCUT2D eigenvalue weighted by atomic mass is 16.5. The molecule has 2 rings (SSSR count). The molecule has 1 aliphatic heterocycles. The summed E-state index contributed by atoms with van der Waals surface area (Å²) in [5, 5.41) is 13.2. The SMILES string of the molecule is CC(O)CCc1nc(C2CN(C(C)C)CCO2)no1. The molecule has 0 spiro atoms. The second-order valence-electron chi connectivity index (χ2n) is 5.38. The zero-order valence-electron chi connectivity index (χ0n) is 11.9. The highest BCUT2D eigenvalue weighted by molar-refractivity contribution is 4.94. The molecule has 2 heterocycles. The molecule has 1 aromatic heterocycles. The van der Waals surface area contributed by atoms with E-state index in [1.807, 2.05) is 0 Å². The van der Waals surface area contributed by atoms with Gasteiger partial charge in [-0.3, -0.25) is 4.90 Å². The number of aliphatic hydroxyl groups is 1. The van der Waals surface area contributed by atoms with Crippen LogP contribution >= 0.6 is 0 Å². The Morgan fingerprint density at radius 3 is 2.89 bits per heavy atom. The van der Waals surface area contributed by atoms with E-state index in [0.29, 0.717) is 37.2 Å². The van der Waals surface area contributed by atoms with Gasteiger partial charge in [-0.2, -0.15) is 4.98 Å². The van der Waals surface area contributed by atoms with Gasteiger partial charge in [-0.15, -0.1) is 0 Å². The van der Waals surface area contributed by atoms with Gasteiger partial charge in [0.15, 0.2) is 0 Å². The summed E-state index contributed by atoms with van der Waals surface area (Å²) in [6.07, 6.45) is 0.772. The van der Waals surface area contributed by atoms with Crippen LogP contribution in [0.1, 0.15) is 45.0 Å². The average molecular weight is 269 g/mol. The predicted molar refractivity (Wildman–Crippen MR) is 69.7 cm³/mol. The van der Waals surface area contributed by atoms with E-state index in [4.69, 9.17) is 9.26 Å². The Balaban J connectivity index is 1.94. The van der Waals surface area contributed by atoms with E-state index in [1.165, 1.54) is 0 Å². The summed E-state index contributed by atoms with van der Waals surface area (Å²) in [6.45, 7) is 8.54. The first-order valence-corrected chi connectivity index (χ1v) is 6.92. The number of rotatable bonds is 5. The molecule has 6 nitrogen and oxygen atoms in total. The Hall–Kier alpha value is -0.980. The molecule has 1 N–H and O–H groups in total. The number of aromatic nitrogens is 2. The zero-order valence-corrected chi connectivity index (χ0v) is 11.9. The molecule has 0 aromatic carbocycles. The fourth-order valence-corrected chi connectivity index (χ4v) is 2.13. The largest absolute Gasteiger partial charge is 0.393 e. The molecule has 1 fully saturated rings. The minimum absolute atomic E-state index is 0.111. The third kappa shape index (κ3) is 3.99. The van der Waals surface area contributed by atoms with Crippen LogP contribution in [0.4, 0.5) is 0 Å². The van der Waals surface area contributed by atoms with Crippen LogP contribution in [0.2, 0.25) is 0 Å². The van der Waals surface area contributed by atoms with Gasteiger partial charge >= 0.3 is 0 Å². The van der Waals surface area contributed by atoms with Crippen molar-refractivity contribution in [2.24, 2.45) is 0 Å². The Labute approximate surface area is 113 Å². The van der Waals surface area contributed by atoms with Crippen LogP contribution in [0, 0.1) is 0 Å². The Kier molecular flexibility index (Phi) is 4.90. The summed E-state index contributed by atoms with van der Waals surface area (Å²) >= 11 is 0. The standard InChI is InChI=1S/C13H23N3O3/c1-9(2)16-6-7-18-11(8-16)13-14-12(19-15-13)5-4-10(3)17/h9-11,17H,4-8H2,1-3H3. The third-order valence-electron chi connectivity index (χ3n) is 3.38. The lowest BCUT2D eigenvalue weighted by Crippen LogP contribution is -2.42. The van der Waals surface area contributed by atoms with Gasteiger partial charge in [0.1, 0.15) is 6.10 Å². The number of hydrogen-bond donors (Lipinski definition) is 1. The number of nitrogens with zero attached hydrogens (tertiary/aromatic N) is 3. The topological polar surface area (TPSA) is 71.6 Å². The van der Waals surface area contributed by atoms with Crippen LogP contribution in [0.5, 0.6) is 0 Å². The summed E-state index contributed by atoms with van der Waals surface area (Å²) in [5.41, 5.74) is 0. The van der Waals surface area contributed by atoms with E-state index in [0.717, 1.165) is 13.1 Å². The van der Waals surface area contributed by atoms with Crippen molar-refractivity contribution >= 4 is 0 Å². The molecule has 1 aromatic rings.